The molecule has 2 aromatic heterocycles. The van der Waals surface area contributed by atoms with Crippen molar-refractivity contribution in [2.24, 2.45) is 0 Å². The summed E-state index contributed by atoms with van der Waals surface area (Å²) in [6, 6.07) is 0. The first kappa shape index (κ1) is 17.5. The molecule has 0 saturated carbocycles. The molecule has 0 spiro atoms. The molecule has 0 aliphatic carbocycles. The Hall–Kier alpha value is -1.89. The molecule has 0 amide bonds. The Balaban J connectivity index is 1.72. The minimum absolute atomic E-state index is 0.288. The second-order valence-corrected chi connectivity index (χ2v) is 6.47. The standard InChI is InChI=1S/C15H22N6O5/c16-13-10-8(5-20-1-3-25-4-2-20)19-21(14(10)18-7-17-13)15-12(24)11(23)9(6-22)26-15/h7,9,11-12,15,22-24H,1-6H2,(H2,16,17,18)/t9-,11-,12-,15-/m1/s1. The monoisotopic (exact) mass is 366 g/mol. The third kappa shape index (κ3) is 2.92. The maximum Gasteiger partial charge on any atom is 0.181 e. The number of morpholine rings is 1. The first-order valence-electron chi connectivity index (χ1n) is 8.50. The highest BCUT2D eigenvalue weighted by Gasteiger charge is 2.44. The van der Waals surface area contributed by atoms with Crippen LogP contribution in [0.1, 0.15) is 11.9 Å². The number of nitrogens with two attached hydrogens (primary N) is 1. The molecular formula is C15H22N6O5. The second-order valence-electron chi connectivity index (χ2n) is 6.47. The van der Waals surface area contributed by atoms with Crippen LogP contribution in [-0.2, 0) is 16.0 Å². The van der Waals surface area contributed by atoms with Crippen molar-refractivity contribution in [2.75, 3.05) is 38.6 Å². The summed E-state index contributed by atoms with van der Waals surface area (Å²) in [4.78, 5) is 10.5. The van der Waals surface area contributed by atoms with E-state index in [2.05, 4.69) is 20.0 Å². The molecule has 11 heteroatoms. The molecule has 2 aromatic rings. The fourth-order valence-electron chi connectivity index (χ4n) is 3.41. The van der Waals surface area contributed by atoms with Gasteiger partial charge in [-0.05, 0) is 0 Å². The summed E-state index contributed by atoms with van der Waals surface area (Å²) in [5.74, 6) is 0.288. The minimum atomic E-state index is -1.25. The molecule has 0 unspecified atom stereocenters. The molecule has 26 heavy (non-hydrogen) atoms. The number of aromatic nitrogens is 4. The van der Waals surface area contributed by atoms with Gasteiger partial charge in [-0.3, -0.25) is 4.90 Å². The Morgan fingerprint density at radius 2 is 1.96 bits per heavy atom. The van der Waals surface area contributed by atoms with Gasteiger partial charge >= 0.3 is 0 Å². The number of hydrogen-bond donors (Lipinski definition) is 4. The maximum atomic E-state index is 10.3. The molecule has 4 atom stereocenters. The third-order valence-electron chi connectivity index (χ3n) is 4.83. The minimum Gasteiger partial charge on any atom is -0.394 e. The van der Waals surface area contributed by atoms with Crippen molar-refractivity contribution in [3.8, 4) is 0 Å². The first-order chi connectivity index (χ1) is 12.6. The highest BCUT2D eigenvalue weighted by molar-refractivity contribution is 5.88. The van der Waals surface area contributed by atoms with Crippen LogP contribution in [0, 0.1) is 0 Å². The lowest BCUT2D eigenvalue weighted by molar-refractivity contribution is -0.0569. The number of aliphatic hydroxyl groups excluding tert-OH is 3. The molecule has 4 rings (SSSR count). The number of anilines is 1. The van der Waals surface area contributed by atoms with E-state index >= 15 is 0 Å². The van der Waals surface area contributed by atoms with E-state index in [1.54, 1.807) is 0 Å². The molecule has 11 nitrogen and oxygen atoms in total. The summed E-state index contributed by atoms with van der Waals surface area (Å²) < 4.78 is 12.4. The molecule has 2 saturated heterocycles. The molecule has 0 aromatic carbocycles. The molecule has 2 aliphatic heterocycles. The summed E-state index contributed by atoms with van der Waals surface area (Å²) >= 11 is 0. The van der Waals surface area contributed by atoms with E-state index in [-0.39, 0.29) is 5.82 Å². The van der Waals surface area contributed by atoms with Gasteiger partial charge in [0, 0.05) is 19.6 Å². The fourth-order valence-corrected chi connectivity index (χ4v) is 3.41. The van der Waals surface area contributed by atoms with Crippen molar-refractivity contribution in [3.05, 3.63) is 12.0 Å². The van der Waals surface area contributed by atoms with Crippen LogP contribution in [-0.4, -0.2) is 91.2 Å². The largest absolute Gasteiger partial charge is 0.394 e. The molecular weight excluding hydrogens is 344 g/mol. The normalized spacial score (nSPS) is 30.3. The number of ether oxygens (including phenoxy) is 2. The molecule has 2 fully saturated rings. The summed E-state index contributed by atoms with van der Waals surface area (Å²) in [5, 5.41) is 34.8. The number of aliphatic hydroxyl groups is 3. The summed E-state index contributed by atoms with van der Waals surface area (Å²) in [6.07, 6.45) is -3.02. The van der Waals surface area contributed by atoms with Crippen molar-refractivity contribution in [3.63, 3.8) is 0 Å². The molecule has 5 N–H and O–H groups in total. The van der Waals surface area contributed by atoms with Gasteiger partial charge in [0.25, 0.3) is 0 Å². The van der Waals surface area contributed by atoms with Crippen LogP contribution in [0.2, 0.25) is 0 Å². The van der Waals surface area contributed by atoms with Crippen LogP contribution >= 0.6 is 0 Å². The zero-order valence-electron chi connectivity index (χ0n) is 14.1. The van der Waals surface area contributed by atoms with Gasteiger partial charge in [-0.1, -0.05) is 0 Å². The molecule has 0 bridgehead atoms. The van der Waals surface area contributed by atoms with Crippen LogP contribution in [0.25, 0.3) is 11.0 Å². The number of nitrogens with zero attached hydrogens (tertiary/aromatic N) is 5. The van der Waals surface area contributed by atoms with Crippen LogP contribution in [0.15, 0.2) is 6.33 Å². The first-order valence-corrected chi connectivity index (χ1v) is 8.50. The predicted molar refractivity (Wildman–Crippen MR) is 88.8 cm³/mol. The van der Waals surface area contributed by atoms with Crippen molar-refractivity contribution < 1.29 is 24.8 Å². The van der Waals surface area contributed by atoms with Gasteiger partial charge in [-0.15, -0.1) is 0 Å². The highest BCUT2D eigenvalue weighted by Crippen LogP contribution is 2.33. The predicted octanol–water partition coefficient (Wildman–Crippen LogP) is -2.15. The van der Waals surface area contributed by atoms with Gasteiger partial charge in [-0.2, -0.15) is 5.10 Å². The maximum absolute atomic E-state index is 10.3. The van der Waals surface area contributed by atoms with E-state index < -0.39 is 31.1 Å². The second kappa shape index (κ2) is 7.02. The van der Waals surface area contributed by atoms with Crippen LogP contribution in [0.5, 0.6) is 0 Å². The van der Waals surface area contributed by atoms with E-state index in [4.69, 9.17) is 15.2 Å². The van der Waals surface area contributed by atoms with Crippen LogP contribution in [0.3, 0.4) is 0 Å². The Kier molecular flexibility index (Phi) is 4.73. The summed E-state index contributed by atoms with van der Waals surface area (Å²) in [5.41, 5.74) is 7.13. The summed E-state index contributed by atoms with van der Waals surface area (Å²) in [7, 11) is 0. The highest BCUT2D eigenvalue weighted by atomic mass is 16.6. The van der Waals surface area contributed by atoms with Crippen molar-refractivity contribution in [2.45, 2.75) is 31.1 Å². The van der Waals surface area contributed by atoms with E-state index in [9.17, 15) is 15.3 Å². The van der Waals surface area contributed by atoms with Gasteiger partial charge < -0.3 is 30.5 Å². The fraction of sp³-hybridized carbons (Fsp3) is 0.667. The number of fused-ring (bicyclic) bond motifs is 1. The van der Waals surface area contributed by atoms with Gasteiger partial charge in [0.1, 0.15) is 30.5 Å². The smallest absolute Gasteiger partial charge is 0.181 e. The Morgan fingerprint density at radius 3 is 2.65 bits per heavy atom. The average Bonchev–Trinajstić information content (AvgIpc) is 3.15. The van der Waals surface area contributed by atoms with Crippen LogP contribution < -0.4 is 5.73 Å². The van der Waals surface area contributed by atoms with Crippen molar-refractivity contribution in [1.82, 2.24) is 24.6 Å². The zero-order valence-corrected chi connectivity index (χ0v) is 14.1. The lowest BCUT2D eigenvalue weighted by Crippen LogP contribution is -2.36. The van der Waals surface area contributed by atoms with Gasteiger partial charge in [-0.25, -0.2) is 14.6 Å². The molecule has 4 heterocycles. The quantitative estimate of drug-likeness (QED) is 0.471. The molecule has 0 radical (unpaired) electrons. The van der Waals surface area contributed by atoms with Gasteiger partial charge in [0.2, 0.25) is 0 Å². The Bertz CT molecular complexity index is 779. The van der Waals surface area contributed by atoms with E-state index in [1.165, 1.54) is 11.0 Å². The Morgan fingerprint density at radius 1 is 1.19 bits per heavy atom. The number of hydrogen-bond acceptors (Lipinski definition) is 10. The third-order valence-corrected chi connectivity index (χ3v) is 4.83. The van der Waals surface area contributed by atoms with E-state index in [0.29, 0.717) is 36.5 Å². The van der Waals surface area contributed by atoms with Crippen LogP contribution in [0.4, 0.5) is 5.82 Å². The topological polar surface area (TPSA) is 152 Å². The molecule has 142 valence electrons. The number of rotatable bonds is 4. The SMILES string of the molecule is Nc1ncnc2c1c(CN1CCOCC1)nn2[C@@H]1O[C@H](CO)[C@@H](O)[C@H]1O. The lowest BCUT2D eigenvalue weighted by Gasteiger charge is -2.25. The summed E-state index contributed by atoms with van der Waals surface area (Å²) in [6.45, 7) is 2.97. The van der Waals surface area contributed by atoms with Crippen molar-refractivity contribution in [1.29, 1.82) is 0 Å². The van der Waals surface area contributed by atoms with E-state index in [1.807, 2.05) is 0 Å². The molecule has 2 aliphatic rings. The van der Waals surface area contributed by atoms with Gasteiger partial charge in [0.05, 0.1) is 30.9 Å². The number of nitrogen functional groups attached to an aromatic ring is 1. The lowest BCUT2D eigenvalue weighted by atomic mass is 10.1. The Labute approximate surface area is 149 Å². The van der Waals surface area contributed by atoms with Crippen molar-refractivity contribution >= 4 is 16.9 Å². The van der Waals surface area contributed by atoms with E-state index in [0.717, 1.165) is 13.1 Å². The van der Waals surface area contributed by atoms with Gasteiger partial charge in [0.15, 0.2) is 11.9 Å². The average molecular weight is 366 g/mol. The zero-order chi connectivity index (χ0) is 18.3.